The number of hydrogen-bond acceptors (Lipinski definition) is 5. The number of aryl methyl sites for hydroxylation is 1. The molecule has 0 saturated carbocycles. The lowest BCUT2D eigenvalue weighted by Crippen LogP contribution is -2.49. The average Bonchev–Trinajstić information content (AvgIpc) is 2.90. The number of carbonyl (C=O) groups is 1. The molecule has 0 atom stereocenters. The van der Waals surface area contributed by atoms with Crippen molar-refractivity contribution >= 4 is 22.7 Å². The molecule has 1 aromatic carbocycles. The van der Waals surface area contributed by atoms with Crippen molar-refractivity contribution in [1.82, 2.24) is 19.6 Å². The molecule has 2 heterocycles. The van der Waals surface area contributed by atoms with E-state index in [1.165, 1.54) is 22.7 Å². The Morgan fingerprint density at radius 2 is 1.89 bits per heavy atom. The molecule has 7 heteroatoms. The van der Waals surface area contributed by atoms with Crippen molar-refractivity contribution in [2.45, 2.75) is 46.1 Å². The van der Waals surface area contributed by atoms with Crippen molar-refractivity contribution in [3.8, 4) is 0 Å². The summed E-state index contributed by atoms with van der Waals surface area (Å²) >= 11 is 1.45. The topological polar surface area (TPSA) is 61.4 Å². The molecule has 1 aliphatic heterocycles. The van der Waals surface area contributed by atoms with Crippen molar-refractivity contribution in [3.63, 3.8) is 0 Å². The fourth-order valence-electron chi connectivity index (χ4n) is 3.05. The first-order valence-corrected chi connectivity index (χ1v) is 10.3. The lowest BCUT2D eigenvalue weighted by Gasteiger charge is -2.27. The number of benzene rings is 1. The van der Waals surface area contributed by atoms with Crippen molar-refractivity contribution in [2.75, 3.05) is 31.1 Å². The van der Waals surface area contributed by atoms with E-state index in [0.29, 0.717) is 6.54 Å². The summed E-state index contributed by atoms with van der Waals surface area (Å²) in [5, 5.41) is 4.00. The fourth-order valence-corrected chi connectivity index (χ4v) is 3.78. The molecule has 1 fully saturated rings. The third kappa shape index (κ3) is 5.66. The summed E-state index contributed by atoms with van der Waals surface area (Å²) in [6, 6.07) is 8.52. The molecule has 1 saturated heterocycles. The molecular weight excluding hydrogens is 358 g/mol. The van der Waals surface area contributed by atoms with Crippen LogP contribution in [0.25, 0.3) is 0 Å². The highest BCUT2D eigenvalue weighted by molar-refractivity contribution is 7.09. The number of anilines is 1. The minimum atomic E-state index is -0.215. The first-order chi connectivity index (χ1) is 12.8. The number of aromatic nitrogens is 2. The summed E-state index contributed by atoms with van der Waals surface area (Å²) in [6.07, 6.45) is 1.69. The Balaban J connectivity index is 1.58. The minimum absolute atomic E-state index is 0.0154. The number of carbonyl (C=O) groups excluding carboxylic acids is 1. The molecule has 1 aromatic heterocycles. The van der Waals surface area contributed by atoms with Gasteiger partial charge in [-0.3, -0.25) is 0 Å². The quantitative estimate of drug-likeness (QED) is 0.876. The lowest BCUT2D eigenvalue weighted by atomic mass is 10.1. The third-order valence-electron chi connectivity index (χ3n) is 4.48. The van der Waals surface area contributed by atoms with Crippen LogP contribution >= 0.6 is 11.5 Å². The molecule has 6 nitrogen and oxygen atoms in total. The van der Waals surface area contributed by atoms with E-state index in [0.717, 1.165) is 43.4 Å². The van der Waals surface area contributed by atoms with Crippen LogP contribution in [0.3, 0.4) is 0 Å². The summed E-state index contributed by atoms with van der Waals surface area (Å²) < 4.78 is 4.54. The Bertz CT molecular complexity index is 765. The molecule has 1 N–H and O–H groups in total. The third-order valence-corrected chi connectivity index (χ3v) is 5.29. The van der Waals surface area contributed by atoms with Gasteiger partial charge in [-0.1, -0.05) is 29.8 Å². The molecule has 27 heavy (non-hydrogen) atoms. The molecule has 2 aromatic rings. The Morgan fingerprint density at radius 3 is 2.59 bits per heavy atom. The van der Waals surface area contributed by atoms with Gasteiger partial charge in [-0.25, -0.2) is 9.78 Å². The van der Waals surface area contributed by atoms with Crippen LogP contribution in [0.1, 0.15) is 44.1 Å². The van der Waals surface area contributed by atoms with Crippen LogP contribution in [-0.4, -0.2) is 52.0 Å². The van der Waals surface area contributed by atoms with Crippen LogP contribution in [0.4, 0.5) is 9.93 Å². The molecule has 2 amide bonds. The number of hydrogen-bond donors (Lipinski definition) is 1. The number of nitrogens with zero attached hydrogens (tertiary/aromatic N) is 4. The van der Waals surface area contributed by atoms with Gasteiger partial charge in [0.1, 0.15) is 5.82 Å². The van der Waals surface area contributed by atoms with Crippen LogP contribution in [0.15, 0.2) is 24.3 Å². The van der Waals surface area contributed by atoms with Gasteiger partial charge in [-0.05, 0) is 39.7 Å². The molecule has 0 spiro atoms. The highest BCUT2D eigenvalue weighted by Crippen LogP contribution is 2.21. The van der Waals surface area contributed by atoms with Crippen LogP contribution in [0, 0.1) is 6.92 Å². The minimum Gasteiger partial charge on any atom is -0.345 e. The molecule has 0 unspecified atom stereocenters. The molecule has 1 aliphatic rings. The predicted molar refractivity (Wildman–Crippen MR) is 111 cm³/mol. The number of amides is 2. The molecule has 3 rings (SSSR count). The fraction of sp³-hybridized carbons (Fsp3) is 0.550. The smallest absolute Gasteiger partial charge is 0.317 e. The first kappa shape index (κ1) is 19.6. The van der Waals surface area contributed by atoms with E-state index in [4.69, 9.17) is 4.98 Å². The zero-order chi connectivity index (χ0) is 19.4. The largest absolute Gasteiger partial charge is 0.345 e. The van der Waals surface area contributed by atoms with Crippen molar-refractivity contribution in [3.05, 3.63) is 41.2 Å². The van der Waals surface area contributed by atoms with E-state index in [2.05, 4.69) is 45.8 Å². The van der Waals surface area contributed by atoms with Gasteiger partial charge in [0.15, 0.2) is 0 Å². The zero-order valence-corrected chi connectivity index (χ0v) is 17.5. The number of nitrogens with one attached hydrogen (secondary N) is 1. The van der Waals surface area contributed by atoms with Gasteiger partial charge in [0.25, 0.3) is 0 Å². The van der Waals surface area contributed by atoms with Crippen LogP contribution in [0.5, 0.6) is 0 Å². The predicted octanol–water partition coefficient (Wildman–Crippen LogP) is 3.46. The summed E-state index contributed by atoms with van der Waals surface area (Å²) in [5.74, 6) is 0.866. The van der Waals surface area contributed by atoms with Crippen molar-refractivity contribution in [1.29, 1.82) is 0 Å². The second-order valence-electron chi connectivity index (χ2n) is 8.16. The van der Waals surface area contributed by atoms with Gasteiger partial charge in [0.2, 0.25) is 5.13 Å². The van der Waals surface area contributed by atoms with E-state index in [1.807, 2.05) is 25.7 Å². The molecule has 0 radical (unpaired) electrons. The Kier molecular flexibility index (Phi) is 5.99. The highest BCUT2D eigenvalue weighted by Gasteiger charge is 2.23. The zero-order valence-electron chi connectivity index (χ0n) is 16.7. The maximum atomic E-state index is 12.4. The maximum absolute atomic E-state index is 12.4. The van der Waals surface area contributed by atoms with E-state index in [1.54, 1.807) is 0 Å². The maximum Gasteiger partial charge on any atom is 0.317 e. The second kappa shape index (κ2) is 8.25. The lowest BCUT2D eigenvalue weighted by molar-refractivity contribution is 0.192. The monoisotopic (exact) mass is 387 g/mol. The molecule has 146 valence electrons. The number of urea groups is 1. The van der Waals surface area contributed by atoms with Gasteiger partial charge in [0.05, 0.1) is 0 Å². The van der Waals surface area contributed by atoms with Crippen LogP contribution < -0.4 is 10.2 Å². The Labute approximate surface area is 165 Å². The molecule has 0 bridgehead atoms. The van der Waals surface area contributed by atoms with Gasteiger partial charge in [-0.15, -0.1) is 0 Å². The Hall–Kier alpha value is -2.15. The van der Waals surface area contributed by atoms with Crippen LogP contribution in [-0.2, 0) is 6.42 Å². The molecule has 0 aliphatic carbocycles. The van der Waals surface area contributed by atoms with Gasteiger partial charge >= 0.3 is 6.03 Å². The van der Waals surface area contributed by atoms with Crippen molar-refractivity contribution in [2.24, 2.45) is 0 Å². The number of rotatable bonds is 3. The van der Waals surface area contributed by atoms with Gasteiger partial charge in [-0.2, -0.15) is 4.37 Å². The summed E-state index contributed by atoms with van der Waals surface area (Å²) in [6.45, 7) is 11.3. The second-order valence-corrected chi connectivity index (χ2v) is 8.89. The normalized spacial score (nSPS) is 15.6. The average molecular weight is 388 g/mol. The summed E-state index contributed by atoms with van der Waals surface area (Å²) in [4.78, 5) is 21.3. The van der Waals surface area contributed by atoms with E-state index in [9.17, 15) is 4.79 Å². The Morgan fingerprint density at radius 1 is 1.15 bits per heavy atom. The standard InChI is InChI=1S/C20H29N5OS/c1-15-6-8-16(9-7-15)14-17-21-19(27-23-17)25-11-5-10-24(12-13-25)18(26)22-20(2,3)4/h6-9H,5,10-14H2,1-4H3,(H,22,26). The summed E-state index contributed by atoms with van der Waals surface area (Å²) in [7, 11) is 0. The summed E-state index contributed by atoms with van der Waals surface area (Å²) in [5.41, 5.74) is 2.27. The van der Waals surface area contributed by atoms with E-state index in [-0.39, 0.29) is 11.6 Å². The van der Waals surface area contributed by atoms with Gasteiger partial charge < -0.3 is 15.1 Å². The SMILES string of the molecule is Cc1ccc(Cc2nsc(N3CCCN(C(=O)NC(C)(C)C)CC3)n2)cc1. The van der Waals surface area contributed by atoms with Crippen molar-refractivity contribution < 1.29 is 4.79 Å². The van der Waals surface area contributed by atoms with E-state index < -0.39 is 0 Å². The van der Waals surface area contributed by atoms with Crippen LogP contribution in [0.2, 0.25) is 0 Å². The highest BCUT2D eigenvalue weighted by atomic mass is 32.1. The van der Waals surface area contributed by atoms with E-state index >= 15 is 0 Å². The first-order valence-electron chi connectivity index (χ1n) is 9.50. The molecular formula is C20H29N5OS. The van der Waals surface area contributed by atoms with Gasteiger partial charge in [0, 0.05) is 49.7 Å².